The van der Waals surface area contributed by atoms with Crippen molar-refractivity contribution < 1.29 is 52.2 Å². The van der Waals surface area contributed by atoms with Crippen molar-refractivity contribution in [2.45, 2.75) is 78.0 Å². The Labute approximate surface area is 315 Å². The van der Waals surface area contributed by atoms with E-state index in [0.29, 0.717) is 30.6 Å². The molecule has 0 saturated carbocycles. The van der Waals surface area contributed by atoms with Crippen LogP contribution in [0.25, 0.3) is 11.3 Å². The third-order valence-corrected chi connectivity index (χ3v) is 8.49. The molecule has 1 aromatic heterocycles. The Morgan fingerprint density at radius 2 is 1.65 bits per heavy atom. The highest BCUT2D eigenvalue weighted by molar-refractivity contribution is 5.99. The summed E-state index contributed by atoms with van der Waals surface area (Å²) in [6.07, 6.45) is 3.76. The molecule has 292 valence electrons. The number of hydrogen-bond acceptors (Lipinski definition) is 11. The predicted molar refractivity (Wildman–Crippen MR) is 197 cm³/mol. The van der Waals surface area contributed by atoms with Crippen LogP contribution < -0.4 is 20.7 Å². The zero-order valence-electron chi connectivity index (χ0n) is 31.4. The maximum atomic E-state index is 13.5. The van der Waals surface area contributed by atoms with Crippen LogP contribution >= 0.6 is 0 Å². The van der Waals surface area contributed by atoms with Crippen molar-refractivity contribution in [2.75, 3.05) is 27.5 Å². The minimum atomic E-state index is -1.30. The minimum absolute atomic E-state index is 0.0664. The molecular weight excluding hydrogens is 700 g/mol. The minimum Gasteiger partial charge on any atom is -0.494 e. The second-order valence-corrected chi connectivity index (χ2v) is 12.2. The fourth-order valence-corrected chi connectivity index (χ4v) is 5.68. The van der Waals surface area contributed by atoms with Crippen molar-refractivity contribution >= 4 is 36.1 Å². The molecule has 0 fully saturated rings. The molecule has 3 atom stereocenters. The first-order chi connectivity index (χ1) is 26.1. The highest BCUT2D eigenvalue weighted by Crippen LogP contribution is 2.28. The smallest absolute Gasteiger partial charge is 0.328 e. The molecule has 3 N–H and O–H groups in total. The van der Waals surface area contributed by atoms with E-state index in [1.54, 1.807) is 13.0 Å². The lowest BCUT2D eigenvalue weighted by Crippen LogP contribution is -2.48. The topological polar surface area (TPSA) is 192 Å². The molecule has 15 heteroatoms. The van der Waals surface area contributed by atoms with Crippen LogP contribution in [-0.2, 0) is 40.1 Å². The van der Waals surface area contributed by atoms with Crippen LogP contribution in [0.5, 0.6) is 5.75 Å². The number of hydrogen-bond donors (Lipinski definition) is 3. The molecule has 1 heterocycles. The largest absolute Gasteiger partial charge is 0.494 e. The van der Waals surface area contributed by atoms with Crippen LogP contribution in [-0.4, -0.2) is 80.7 Å². The van der Waals surface area contributed by atoms with Gasteiger partial charge in [-0.1, -0.05) is 63.4 Å². The maximum absolute atomic E-state index is 13.5. The van der Waals surface area contributed by atoms with Crippen LogP contribution in [0.15, 0.2) is 65.1 Å². The van der Waals surface area contributed by atoms with E-state index in [-0.39, 0.29) is 42.9 Å². The molecule has 54 heavy (non-hydrogen) atoms. The maximum Gasteiger partial charge on any atom is 0.328 e. The summed E-state index contributed by atoms with van der Waals surface area (Å²) in [5.41, 5.74) is 1.34. The van der Waals surface area contributed by atoms with Crippen molar-refractivity contribution in [1.29, 1.82) is 0 Å². The summed E-state index contributed by atoms with van der Waals surface area (Å²) in [7, 11) is 2.29. The predicted octanol–water partition coefficient (Wildman–Crippen LogP) is 4.55. The van der Waals surface area contributed by atoms with Gasteiger partial charge in [0.2, 0.25) is 12.3 Å². The molecule has 0 aliphatic rings. The van der Waals surface area contributed by atoms with Gasteiger partial charge in [0.25, 0.3) is 11.8 Å². The number of unbranched alkanes of at least 4 members (excludes halogenated alkanes) is 2. The quantitative estimate of drug-likeness (QED) is 0.0405. The van der Waals surface area contributed by atoms with Crippen molar-refractivity contribution in [3.8, 4) is 17.1 Å². The Hall–Kier alpha value is -5.70. The monoisotopic (exact) mass is 750 g/mol. The number of furan rings is 1. The molecule has 0 spiro atoms. The number of ether oxygens (including phenoxy) is 3. The summed E-state index contributed by atoms with van der Waals surface area (Å²) in [4.78, 5) is 81.8. The van der Waals surface area contributed by atoms with Gasteiger partial charge in [0.1, 0.15) is 24.2 Å². The Morgan fingerprint density at radius 1 is 0.889 bits per heavy atom. The first kappa shape index (κ1) is 42.7. The molecule has 0 bridgehead atoms. The van der Waals surface area contributed by atoms with E-state index < -0.39 is 48.2 Å². The Morgan fingerprint density at radius 3 is 2.30 bits per heavy atom. The van der Waals surface area contributed by atoms with Gasteiger partial charge < -0.3 is 34.6 Å². The van der Waals surface area contributed by atoms with Crippen LogP contribution in [0.4, 0.5) is 0 Å². The van der Waals surface area contributed by atoms with Gasteiger partial charge in [-0.15, -0.1) is 0 Å². The summed E-state index contributed by atoms with van der Waals surface area (Å²) >= 11 is 0. The van der Waals surface area contributed by atoms with E-state index in [2.05, 4.69) is 27.6 Å². The SMILES string of the molecule is CCCCCC(C(=O)NCNC(=O)c1ccc(-c2cc(OCC)cc(C(=O)NC(CC(=O)OC)C(=O)OC)c2)o1)[C@@H](CC)N(C=O)OCc1ccccc1. The summed E-state index contributed by atoms with van der Waals surface area (Å²) in [6, 6.07) is 15.1. The molecule has 15 nitrogen and oxygen atoms in total. The molecule has 3 rings (SSSR count). The van der Waals surface area contributed by atoms with Crippen molar-refractivity contribution in [3.63, 3.8) is 0 Å². The summed E-state index contributed by atoms with van der Waals surface area (Å²) < 4.78 is 20.8. The fourth-order valence-electron chi connectivity index (χ4n) is 5.68. The number of carbonyl (C=O) groups is 6. The molecule has 0 aliphatic heterocycles. The summed E-state index contributed by atoms with van der Waals surface area (Å²) in [5.74, 6) is -3.33. The van der Waals surface area contributed by atoms with Gasteiger partial charge in [-0.25, -0.2) is 9.86 Å². The van der Waals surface area contributed by atoms with E-state index in [9.17, 15) is 28.8 Å². The third kappa shape index (κ3) is 12.8. The van der Waals surface area contributed by atoms with Crippen molar-refractivity contribution in [2.24, 2.45) is 5.92 Å². The number of rotatable bonds is 23. The van der Waals surface area contributed by atoms with E-state index in [0.717, 1.165) is 39.0 Å². The highest BCUT2D eigenvalue weighted by Gasteiger charge is 2.32. The first-order valence-electron chi connectivity index (χ1n) is 17.9. The van der Waals surface area contributed by atoms with Gasteiger partial charge in [-0.2, -0.15) is 0 Å². The van der Waals surface area contributed by atoms with Gasteiger partial charge in [0.15, 0.2) is 5.76 Å². The van der Waals surface area contributed by atoms with Crippen LogP contribution in [0.2, 0.25) is 0 Å². The van der Waals surface area contributed by atoms with E-state index in [1.165, 1.54) is 29.3 Å². The molecule has 0 saturated heterocycles. The summed E-state index contributed by atoms with van der Waals surface area (Å²) in [6.45, 7) is 5.94. The average Bonchev–Trinajstić information content (AvgIpc) is 3.69. The number of benzene rings is 2. The Bertz CT molecular complexity index is 1690. The standard InChI is InChI=1S/C39H50N4O11/c1-6-9-11-16-30(32(7-2)43(25-44)53-23-26-14-12-10-13-15-26)37(47)40-24-41-38(48)34-18-17-33(54-34)27-19-28(21-29(20-27)52-8-3)36(46)42-31(39(49)51-5)22-35(45)50-4/h10,12-15,17-21,25,30-32H,6-9,11,16,22-24H2,1-5H3,(H,40,47)(H,41,48)(H,42,46)/t30?,31?,32-/m1/s1. The molecule has 2 unspecified atom stereocenters. The fraction of sp³-hybridized carbons (Fsp3) is 0.436. The molecule has 3 aromatic rings. The van der Waals surface area contributed by atoms with Gasteiger partial charge in [-0.3, -0.25) is 28.8 Å². The third-order valence-electron chi connectivity index (χ3n) is 8.49. The highest BCUT2D eigenvalue weighted by atomic mass is 16.7. The van der Waals surface area contributed by atoms with Gasteiger partial charge in [0.05, 0.1) is 45.9 Å². The molecule has 4 amide bonds. The average molecular weight is 751 g/mol. The molecule has 2 aromatic carbocycles. The lowest BCUT2D eigenvalue weighted by Gasteiger charge is -2.32. The number of hydroxylamine groups is 2. The molecule has 0 aliphatic carbocycles. The Balaban J connectivity index is 1.71. The van der Waals surface area contributed by atoms with Crippen molar-refractivity contribution in [1.82, 2.24) is 21.0 Å². The van der Waals surface area contributed by atoms with E-state index >= 15 is 0 Å². The number of nitrogens with zero attached hydrogens (tertiary/aromatic N) is 1. The van der Waals surface area contributed by atoms with Gasteiger partial charge in [-0.05, 0) is 55.7 Å². The van der Waals surface area contributed by atoms with Gasteiger partial charge >= 0.3 is 11.9 Å². The number of carbonyl (C=O) groups excluding carboxylic acids is 6. The number of amides is 4. The molecular formula is C39H50N4O11. The normalized spacial score (nSPS) is 12.4. The van der Waals surface area contributed by atoms with E-state index in [4.69, 9.17) is 18.7 Å². The zero-order valence-corrected chi connectivity index (χ0v) is 31.4. The van der Waals surface area contributed by atoms with Crippen molar-refractivity contribution in [3.05, 3.63) is 77.6 Å². The first-order valence-corrected chi connectivity index (χ1v) is 17.9. The lowest BCUT2D eigenvalue weighted by molar-refractivity contribution is -0.200. The number of nitrogens with one attached hydrogen (secondary N) is 3. The number of methoxy groups -OCH3 is 2. The second kappa shape index (κ2) is 22.4. The summed E-state index contributed by atoms with van der Waals surface area (Å²) in [5, 5.41) is 9.09. The lowest BCUT2D eigenvalue weighted by atomic mass is 9.90. The van der Waals surface area contributed by atoms with Crippen LogP contribution in [0.3, 0.4) is 0 Å². The second-order valence-electron chi connectivity index (χ2n) is 12.2. The Kier molecular flexibility index (Phi) is 17.7. The number of esters is 2. The van der Waals surface area contributed by atoms with E-state index in [1.807, 2.05) is 37.3 Å². The van der Waals surface area contributed by atoms with Crippen LogP contribution in [0.1, 0.15) is 85.8 Å². The van der Waals surface area contributed by atoms with Gasteiger partial charge in [0, 0.05) is 11.1 Å². The molecule has 0 radical (unpaired) electrons. The zero-order chi connectivity index (χ0) is 39.5. The van der Waals surface area contributed by atoms with Crippen LogP contribution in [0, 0.1) is 5.92 Å².